The Balaban J connectivity index is 0.000000480. The molecule has 28 heavy (non-hydrogen) atoms. The van der Waals surface area contributed by atoms with E-state index in [0.29, 0.717) is 31.0 Å². The molecule has 12 heteroatoms. The van der Waals surface area contributed by atoms with Crippen LogP contribution in [0.3, 0.4) is 0 Å². The first-order valence-corrected chi connectivity index (χ1v) is 8.07. The Kier molecular flexibility index (Phi) is 8.99. The van der Waals surface area contributed by atoms with Crippen molar-refractivity contribution in [1.82, 2.24) is 14.3 Å². The van der Waals surface area contributed by atoms with Crippen molar-refractivity contribution in [2.24, 2.45) is 5.73 Å². The lowest BCUT2D eigenvalue weighted by Crippen LogP contribution is -2.37. The van der Waals surface area contributed by atoms with Crippen molar-refractivity contribution >= 4 is 11.6 Å². The number of aromatic nitrogens is 2. The van der Waals surface area contributed by atoms with E-state index in [1.165, 1.54) is 10.5 Å². The van der Waals surface area contributed by atoms with Gasteiger partial charge < -0.3 is 21.1 Å². The number of hydrogen-bond donors (Lipinski definition) is 4. The molecule has 0 aliphatic heterocycles. The zero-order chi connectivity index (χ0) is 21.3. The summed E-state index contributed by atoms with van der Waals surface area (Å²) in [7, 11) is 0. The maximum absolute atomic E-state index is 12.0. The van der Waals surface area contributed by atoms with Gasteiger partial charge in [0.2, 0.25) is 0 Å². The number of nitrogens with two attached hydrogens (primary N) is 1. The average molecular weight is 406 g/mol. The van der Waals surface area contributed by atoms with Crippen LogP contribution in [0.2, 0.25) is 0 Å². The third kappa shape index (κ3) is 7.60. The molecule has 0 aliphatic carbocycles. The SMILES string of the molecule is NCCN(Cc1cc(=O)n2ccccc2n1)CC(O)CO.O=C(O)C(F)(F)F. The van der Waals surface area contributed by atoms with Crippen molar-refractivity contribution in [3.63, 3.8) is 0 Å². The fourth-order valence-corrected chi connectivity index (χ4v) is 2.19. The fourth-order valence-electron chi connectivity index (χ4n) is 2.19. The van der Waals surface area contributed by atoms with Crippen LogP contribution in [-0.2, 0) is 11.3 Å². The van der Waals surface area contributed by atoms with Crippen molar-refractivity contribution in [1.29, 1.82) is 0 Å². The van der Waals surface area contributed by atoms with E-state index in [1.807, 2.05) is 11.0 Å². The summed E-state index contributed by atoms with van der Waals surface area (Å²) in [4.78, 5) is 27.2. The van der Waals surface area contributed by atoms with Gasteiger partial charge in [0.25, 0.3) is 5.56 Å². The quantitative estimate of drug-likeness (QED) is 0.480. The molecule has 9 nitrogen and oxygen atoms in total. The Morgan fingerprint density at radius 2 is 2.00 bits per heavy atom. The van der Waals surface area contributed by atoms with Gasteiger partial charge in [0, 0.05) is 38.4 Å². The number of carboxylic acid groups (broad SMARTS) is 1. The average Bonchev–Trinajstić information content (AvgIpc) is 2.61. The zero-order valence-corrected chi connectivity index (χ0v) is 14.7. The number of nitrogens with zero attached hydrogens (tertiary/aromatic N) is 3. The van der Waals surface area contributed by atoms with Crippen LogP contribution in [0.4, 0.5) is 13.2 Å². The Morgan fingerprint density at radius 3 is 2.54 bits per heavy atom. The summed E-state index contributed by atoms with van der Waals surface area (Å²) in [5.41, 5.74) is 6.60. The summed E-state index contributed by atoms with van der Waals surface area (Å²) in [6, 6.07) is 6.83. The van der Waals surface area contributed by atoms with Gasteiger partial charge in [0.05, 0.1) is 18.4 Å². The molecule has 2 aromatic rings. The number of aliphatic carboxylic acids is 1. The van der Waals surface area contributed by atoms with Gasteiger partial charge in [-0.05, 0) is 12.1 Å². The maximum Gasteiger partial charge on any atom is 0.490 e. The van der Waals surface area contributed by atoms with Gasteiger partial charge in [-0.3, -0.25) is 14.1 Å². The van der Waals surface area contributed by atoms with Gasteiger partial charge in [-0.1, -0.05) is 6.07 Å². The molecule has 1 unspecified atom stereocenters. The van der Waals surface area contributed by atoms with Gasteiger partial charge in [0.1, 0.15) is 5.65 Å². The highest BCUT2D eigenvalue weighted by Gasteiger charge is 2.38. The van der Waals surface area contributed by atoms with Crippen LogP contribution in [0.1, 0.15) is 5.69 Å². The van der Waals surface area contributed by atoms with Crippen LogP contribution in [-0.4, -0.2) is 74.1 Å². The number of rotatable bonds is 7. The van der Waals surface area contributed by atoms with Gasteiger partial charge in [0.15, 0.2) is 0 Å². The fraction of sp³-hybridized carbons (Fsp3) is 0.438. The smallest absolute Gasteiger partial charge is 0.475 e. The van der Waals surface area contributed by atoms with E-state index in [2.05, 4.69) is 4.98 Å². The van der Waals surface area contributed by atoms with Crippen molar-refractivity contribution < 1.29 is 33.3 Å². The molecule has 2 heterocycles. The van der Waals surface area contributed by atoms with E-state index in [9.17, 15) is 23.1 Å². The number of carbonyl (C=O) groups is 1. The van der Waals surface area contributed by atoms with Crippen molar-refractivity contribution in [2.75, 3.05) is 26.2 Å². The molecule has 0 fully saturated rings. The van der Waals surface area contributed by atoms with E-state index in [-0.39, 0.29) is 18.7 Å². The first kappa shape index (κ1) is 23.5. The summed E-state index contributed by atoms with van der Waals surface area (Å²) < 4.78 is 33.2. The lowest BCUT2D eigenvalue weighted by Gasteiger charge is -2.23. The van der Waals surface area contributed by atoms with Crippen LogP contribution in [0, 0.1) is 0 Å². The number of hydrogen-bond acceptors (Lipinski definition) is 7. The lowest BCUT2D eigenvalue weighted by molar-refractivity contribution is -0.192. The molecular formula is C16H21F3N4O5. The molecule has 0 aliphatic rings. The van der Waals surface area contributed by atoms with E-state index >= 15 is 0 Å². The van der Waals surface area contributed by atoms with Crippen molar-refractivity contribution in [2.45, 2.75) is 18.8 Å². The van der Waals surface area contributed by atoms with Gasteiger partial charge in [-0.15, -0.1) is 0 Å². The van der Waals surface area contributed by atoms with E-state index in [4.69, 9.17) is 20.7 Å². The molecule has 0 amide bonds. The standard InChI is InChI=1S/C14H20N4O3.C2HF3O2/c15-4-6-17(9-12(20)10-19)8-11-7-14(21)18-5-2-1-3-13(18)16-11;3-2(4,5)1(6)7/h1-3,5,7,12,19-20H,4,6,8-10,15H2;(H,6,7). The van der Waals surface area contributed by atoms with Crippen molar-refractivity contribution in [3.05, 3.63) is 46.5 Å². The Hall–Kier alpha value is -2.54. The zero-order valence-electron chi connectivity index (χ0n) is 14.7. The monoisotopic (exact) mass is 406 g/mol. The van der Waals surface area contributed by atoms with Gasteiger partial charge in [-0.25, -0.2) is 9.78 Å². The minimum atomic E-state index is -5.08. The molecule has 0 saturated carbocycles. The molecular weight excluding hydrogens is 385 g/mol. The highest BCUT2D eigenvalue weighted by molar-refractivity contribution is 5.73. The summed E-state index contributed by atoms with van der Waals surface area (Å²) in [5, 5.41) is 25.6. The molecule has 2 rings (SSSR count). The molecule has 1 atom stereocenters. The van der Waals surface area contributed by atoms with Crippen molar-refractivity contribution in [3.8, 4) is 0 Å². The molecule has 0 bridgehead atoms. The van der Waals surface area contributed by atoms with E-state index in [1.54, 1.807) is 18.3 Å². The summed E-state index contributed by atoms with van der Waals surface area (Å²) in [5.74, 6) is -2.76. The predicted molar refractivity (Wildman–Crippen MR) is 92.6 cm³/mol. The predicted octanol–water partition coefficient (Wildman–Crippen LogP) is -0.558. The molecule has 5 N–H and O–H groups in total. The third-order valence-corrected chi connectivity index (χ3v) is 3.38. The summed E-state index contributed by atoms with van der Waals surface area (Å²) in [6.07, 6.45) is -4.25. The molecule has 2 aromatic heterocycles. The molecule has 0 spiro atoms. The molecule has 0 saturated heterocycles. The normalized spacial score (nSPS) is 12.5. The van der Waals surface area contributed by atoms with Crippen LogP contribution in [0.15, 0.2) is 35.3 Å². The third-order valence-electron chi connectivity index (χ3n) is 3.38. The lowest BCUT2D eigenvalue weighted by atomic mass is 10.3. The largest absolute Gasteiger partial charge is 0.490 e. The minimum Gasteiger partial charge on any atom is -0.475 e. The number of aliphatic hydroxyl groups excluding tert-OH is 2. The van der Waals surface area contributed by atoms with E-state index in [0.717, 1.165) is 0 Å². The second kappa shape index (κ2) is 10.7. The Morgan fingerprint density at radius 1 is 1.36 bits per heavy atom. The number of fused-ring (bicyclic) bond motifs is 1. The number of aliphatic hydroxyl groups is 2. The second-order valence-electron chi connectivity index (χ2n) is 5.68. The van der Waals surface area contributed by atoms with Crippen LogP contribution in [0.25, 0.3) is 5.65 Å². The maximum atomic E-state index is 12.0. The number of halogens is 3. The van der Waals surface area contributed by atoms with Crippen LogP contribution in [0.5, 0.6) is 0 Å². The first-order valence-electron chi connectivity index (χ1n) is 8.07. The Labute approximate surface area is 157 Å². The van der Waals surface area contributed by atoms with E-state index < -0.39 is 18.2 Å². The molecule has 0 aromatic carbocycles. The number of pyridine rings is 1. The molecule has 0 radical (unpaired) electrons. The number of carboxylic acids is 1. The highest BCUT2D eigenvalue weighted by atomic mass is 19.4. The minimum absolute atomic E-state index is 0.147. The summed E-state index contributed by atoms with van der Waals surface area (Å²) >= 11 is 0. The van der Waals surface area contributed by atoms with Gasteiger partial charge >= 0.3 is 12.1 Å². The van der Waals surface area contributed by atoms with Crippen LogP contribution < -0.4 is 11.3 Å². The summed E-state index contributed by atoms with van der Waals surface area (Å²) in [6.45, 7) is 1.34. The van der Waals surface area contributed by atoms with Gasteiger partial charge in [-0.2, -0.15) is 13.2 Å². The Bertz CT molecular complexity index is 828. The molecule has 156 valence electrons. The number of alkyl halides is 3. The highest BCUT2D eigenvalue weighted by Crippen LogP contribution is 2.13. The topological polar surface area (TPSA) is 141 Å². The second-order valence-corrected chi connectivity index (χ2v) is 5.68. The first-order chi connectivity index (χ1) is 13.1. The van der Waals surface area contributed by atoms with Crippen LogP contribution >= 0.6 is 0 Å².